The molecule has 2 nitrogen and oxygen atoms in total. The minimum Gasteiger partial charge on any atom is -0.314 e. The number of hydrogen-bond acceptors (Lipinski definition) is 2. The van der Waals surface area contributed by atoms with Gasteiger partial charge in [-0.2, -0.15) is 0 Å². The van der Waals surface area contributed by atoms with Gasteiger partial charge in [0.15, 0.2) is 0 Å². The average Bonchev–Trinajstić information content (AvgIpc) is 2.54. The highest BCUT2D eigenvalue weighted by molar-refractivity contribution is 9.10. The van der Waals surface area contributed by atoms with Crippen LogP contribution in [0.4, 0.5) is 4.39 Å². The molecular formula is C18H27BrClFN2. The Kier molecular flexibility index (Phi) is 7.33. The van der Waals surface area contributed by atoms with Crippen LogP contribution in [0.15, 0.2) is 16.6 Å². The Labute approximate surface area is 153 Å². The van der Waals surface area contributed by atoms with Crippen molar-refractivity contribution in [1.82, 2.24) is 10.2 Å². The molecule has 1 aromatic rings. The van der Waals surface area contributed by atoms with Gasteiger partial charge >= 0.3 is 0 Å². The van der Waals surface area contributed by atoms with Crippen molar-refractivity contribution >= 4 is 28.3 Å². The maximum Gasteiger partial charge on any atom is 0.130 e. The highest BCUT2D eigenvalue weighted by Crippen LogP contribution is 2.40. The molecular weight excluding hydrogens is 379 g/mol. The summed E-state index contributed by atoms with van der Waals surface area (Å²) < 4.78 is 15.9. The third kappa shape index (κ3) is 4.47. The summed E-state index contributed by atoms with van der Waals surface area (Å²) in [5.41, 5.74) is 1.65. The number of benzene rings is 1. The fraction of sp³-hybridized carbons (Fsp3) is 0.667. The van der Waals surface area contributed by atoms with E-state index in [2.05, 4.69) is 26.1 Å². The van der Waals surface area contributed by atoms with E-state index in [9.17, 15) is 4.39 Å². The van der Waals surface area contributed by atoms with E-state index in [0.29, 0.717) is 5.92 Å². The Balaban J connectivity index is 0.00000192. The number of piperazine rings is 1. The van der Waals surface area contributed by atoms with Gasteiger partial charge in [0.25, 0.3) is 0 Å². The van der Waals surface area contributed by atoms with Gasteiger partial charge in [0, 0.05) is 42.3 Å². The van der Waals surface area contributed by atoms with Crippen LogP contribution in [0.25, 0.3) is 0 Å². The zero-order valence-corrected chi connectivity index (χ0v) is 16.2. The van der Waals surface area contributed by atoms with Crippen LogP contribution in [-0.4, -0.2) is 31.1 Å². The molecule has 1 aliphatic heterocycles. The summed E-state index contributed by atoms with van der Waals surface area (Å²) in [6.07, 6.45) is 6.40. The first kappa shape index (κ1) is 19.2. The average molecular weight is 406 g/mol. The molecule has 0 unspecified atom stereocenters. The second-order valence-corrected chi connectivity index (χ2v) is 7.67. The molecule has 1 saturated heterocycles. The molecule has 3 rings (SSSR count). The summed E-state index contributed by atoms with van der Waals surface area (Å²) >= 11 is 3.57. The number of nitrogens with zero attached hydrogens (tertiary/aromatic N) is 1. The maximum atomic E-state index is 14.9. The van der Waals surface area contributed by atoms with Gasteiger partial charge in [-0.15, -0.1) is 12.4 Å². The van der Waals surface area contributed by atoms with Gasteiger partial charge in [-0.1, -0.05) is 35.2 Å². The van der Waals surface area contributed by atoms with Crippen LogP contribution in [0.1, 0.15) is 49.3 Å². The summed E-state index contributed by atoms with van der Waals surface area (Å²) in [5.74, 6) is 0.590. The molecule has 0 spiro atoms. The van der Waals surface area contributed by atoms with E-state index in [0.717, 1.165) is 41.8 Å². The van der Waals surface area contributed by atoms with Crippen LogP contribution < -0.4 is 5.32 Å². The lowest BCUT2D eigenvalue weighted by atomic mass is 9.79. The van der Waals surface area contributed by atoms with Crippen LogP contribution in [0.2, 0.25) is 0 Å². The Bertz CT molecular complexity index is 496. The van der Waals surface area contributed by atoms with Crippen molar-refractivity contribution in [3.63, 3.8) is 0 Å². The standard InChI is InChI=1S/C18H26BrFN2.ClH/c1-13-11-15(19)12-16(17(13)20)18(14-5-3-2-4-6-14)22-9-7-21-8-10-22;/h11-12,14,18,21H,2-10H2,1H3;1H/t18-;/m0./s1. The minimum absolute atomic E-state index is 0. The zero-order valence-electron chi connectivity index (χ0n) is 13.8. The van der Waals surface area contributed by atoms with Crippen molar-refractivity contribution < 1.29 is 4.39 Å². The molecule has 0 amide bonds. The fourth-order valence-corrected chi connectivity index (χ4v) is 4.72. The van der Waals surface area contributed by atoms with Crippen LogP contribution in [-0.2, 0) is 0 Å². The zero-order chi connectivity index (χ0) is 15.5. The lowest BCUT2D eigenvalue weighted by molar-refractivity contribution is 0.100. The van der Waals surface area contributed by atoms with Crippen molar-refractivity contribution in [2.24, 2.45) is 5.92 Å². The number of halogens is 3. The number of rotatable bonds is 3. The van der Waals surface area contributed by atoms with Crippen molar-refractivity contribution in [2.75, 3.05) is 26.2 Å². The predicted molar refractivity (Wildman–Crippen MR) is 99.8 cm³/mol. The second kappa shape index (κ2) is 8.80. The SMILES string of the molecule is Cc1cc(Br)cc([C@H](C2CCCCC2)N2CCNCC2)c1F.Cl. The molecule has 1 atom stereocenters. The minimum atomic E-state index is -0.00249. The topological polar surface area (TPSA) is 15.3 Å². The fourth-order valence-electron chi connectivity index (χ4n) is 4.13. The first-order chi connectivity index (χ1) is 10.7. The first-order valence-corrected chi connectivity index (χ1v) is 9.36. The summed E-state index contributed by atoms with van der Waals surface area (Å²) in [5, 5.41) is 3.42. The van der Waals surface area contributed by atoms with Crippen molar-refractivity contribution in [1.29, 1.82) is 0 Å². The molecule has 1 N–H and O–H groups in total. The van der Waals surface area contributed by atoms with Gasteiger partial charge in [-0.25, -0.2) is 4.39 Å². The molecule has 1 aromatic carbocycles. The van der Waals surface area contributed by atoms with Gasteiger partial charge in [-0.05, 0) is 43.4 Å². The smallest absolute Gasteiger partial charge is 0.130 e. The molecule has 23 heavy (non-hydrogen) atoms. The van der Waals surface area contributed by atoms with Gasteiger partial charge in [0.1, 0.15) is 5.82 Å². The lowest BCUT2D eigenvalue weighted by Crippen LogP contribution is -2.47. The number of hydrogen-bond donors (Lipinski definition) is 1. The molecule has 2 aliphatic rings. The van der Waals surface area contributed by atoms with Crippen LogP contribution >= 0.6 is 28.3 Å². The van der Waals surface area contributed by atoms with E-state index < -0.39 is 0 Å². The molecule has 2 fully saturated rings. The molecule has 0 radical (unpaired) electrons. The third-order valence-corrected chi connectivity index (χ3v) is 5.67. The summed E-state index contributed by atoms with van der Waals surface area (Å²) in [6.45, 7) is 5.94. The molecule has 1 saturated carbocycles. The van der Waals surface area contributed by atoms with Crippen LogP contribution in [0.3, 0.4) is 0 Å². The number of nitrogens with one attached hydrogen (secondary N) is 1. The first-order valence-electron chi connectivity index (χ1n) is 8.57. The summed E-state index contributed by atoms with van der Waals surface area (Å²) in [7, 11) is 0. The van der Waals surface area contributed by atoms with Crippen molar-refractivity contribution in [3.8, 4) is 0 Å². The monoisotopic (exact) mass is 404 g/mol. The molecule has 0 bridgehead atoms. The highest BCUT2D eigenvalue weighted by atomic mass is 79.9. The second-order valence-electron chi connectivity index (χ2n) is 6.75. The van der Waals surface area contributed by atoms with E-state index in [1.54, 1.807) is 0 Å². The van der Waals surface area contributed by atoms with E-state index in [-0.39, 0.29) is 24.3 Å². The Morgan fingerprint density at radius 1 is 1.17 bits per heavy atom. The Morgan fingerprint density at radius 3 is 2.48 bits per heavy atom. The lowest BCUT2D eigenvalue weighted by Gasteiger charge is -2.41. The summed E-state index contributed by atoms with van der Waals surface area (Å²) in [4.78, 5) is 2.51. The van der Waals surface area contributed by atoms with Crippen LogP contribution in [0, 0.1) is 18.7 Å². The van der Waals surface area contributed by atoms with E-state index in [4.69, 9.17) is 0 Å². The Morgan fingerprint density at radius 2 is 1.83 bits per heavy atom. The van der Waals surface area contributed by atoms with E-state index in [1.807, 2.05) is 19.1 Å². The van der Waals surface area contributed by atoms with Gasteiger partial charge in [-0.3, -0.25) is 4.90 Å². The van der Waals surface area contributed by atoms with Crippen LogP contribution in [0.5, 0.6) is 0 Å². The third-order valence-electron chi connectivity index (χ3n) is 5.21. The van der Waals surface area contributed by atoms with Gasteiger partial charge in [0.05, 0.1) is 0 Å². The maximum absolute atomic E-state index is 14.9. The molecule has 130 valence electrons. The molecule has 1 heterocycles. The van der Waals surface area contributed by atoms with E-state index >= 15 is 0 Å². The normalized spacial score (nSPS) is 21.7. The molecule has 1 aliphatic carbocycles. The highest BCUT2D eigenvalue weighted by Gasteiger charge is 2.33. The summed E-state index contributed by atoms with van der Waals surface area (Å²) in [6, 6.07) is 4.14. The predicted octanol–water partition coefficient (Wildman–Crippen LogP) is 4.85. The molecule has 5 heteroatoms. The molecule has 0 aromatic heterocycles. The Hall–Kier alpha value is -0.160. The number of aryl methyl sites for hydroxylation is 1. The largest absolute Gasteiger partial charge is 0.314 e. The van der Waals surface area contributed by atoms with Crippen molar-refractivity contribution in [2.45, 2.75) is 45.1 Å². The van der Waals surface area contributed by atoms with Gasteiger partial charge in [0.2, 0.25) is 0 Å². The van der Waals surface area contributed by atoms with E-state index in [1.165, 1.54) is 32.1 Å². The quantitative estimate of drug-likeness (QED) is 0.773. The van der Waals surface area contributed by atoms with Crippen molar-refractivity contribution in [3.05, 3.63) is 33.5 Å². The van der Waals surface area contributed by atoms with Gasteiger partial charge < -0.3 is 5.32 Å².